The monoisotopic (exact) mass is 270 g/mol. The Morgan fingerprint density at radius 2 is 1.53 bits per heavy atom. The van der Waals surface area contributed by atoms with E-state index in [-0.39, 0.29) is 0 Å². The smallest absolute Gasteiger partial charge is 0.317 e. The van der Waals surface area contributed by atoms with Crippen molar-refractivity contribution >= 4 is 12.4 Å². The summed E-state index contributed by atoms with van der Waals surface area (Å²) in [5, 5.41) is 6.07. The molecule has 0 aromatic heterocycles. The zero-order chi connectivity index (χ0) is 14.2. The molecule has 0 saturated carbocycles. The van der Waals surface area contributed by atoms with Crippen LogP contribution in [0.3, 0.4) is 0 Å². The molecule has 0 rings (SSSR count). The predicted octanol–water partition coefficient (Wildman–Crippen LogP) is 3.11. The maximum absolute atomic E-state index is 10.3. The number of amides is 2. The van der Waals surface area contributed by atoms with Crippen LogP contribution in [0.5, 0.6) is 0 Å². The average molecular weight is 270 g/mol. The van der Waals surface area contributed by atoms with Gasteiger partial charge in [-0.3, -0.25) is 5.32 Å². The van der Waals surface area contributed by atoms with E-state index in [0.717, 1.165) is 13.0 Å². The zero-order valence-electron chi connectivity index (χ0n) is 12.3. The highest BCUT2D eigenvalue weighted by atomic mass is 16.2. The lowest BCUT2D eigenvalue weighted by atomic mass is 10.1. The van der Waals surface area contributed by atoms with E-state index in [2.05, 4.69) is 22.8 Å². The van der Waals surface area contributed by atoms with Crippen LogP contribution in [0, 0.1) is 0 Å². The molecule has 0 aliphatic rings. The predicted molar refractivity (Wildman–Crippen MR) is 81.1 cm³/mol. The second kappa shape index (κ2) is 14.8. The summed E-state index contributed by atoms with van der Waals surface area (Å²) in [6.07, 6.45) is 14.6. The van der Waals surface area contributed by atoms with Gasteiger partial charge in [0.15, 0.2) is 0 Å². The van der Waals surface area contributed by atoms with Gasteiger partial charge in [-0.1, -0.05) is 64.7 Å². The number of nitrogens with one attached hydrogen (secondary N) is 2. The molecule has 0 aromatic carbocycles. The van der Waals surface area contributed by atoms with Gasteiger partial charge in [-0.2, -0.15) is 5.10 Å². The first kappa shape index (κ1) is 17.7. The van der Waals surface area contributed by atoms with Crippen LogP contribution < -0.4 is 16.5 Å². The van der Waals surface area contributed by atoms with Gasteiger partial charge >= 0.3 is 6.03 Å². The summed E-state index contributed by atoms with van der Waals surface area (Å²) in [5.41, 5.74) is 7.74. The van der Waals surface area contributed by atoms with Crippen molar-refractivity contribution in [2.75, 3.05) is 6.54 Å². The lowest BCUT2D eigenvalue weighted by Crippen LogP contribution is -2.28. The van der Waals surface area contributed by atoms with Crippen LogP contribution in [0.15, 0.2) is 5.10 Å². The second-order valence-electron chi connectivity index (χ2n) is 4.86. The molecule has 5 heteroatoms. The Kier molecular flexibility index (Phi) is 13.8. The summed E-state index contributed by atoms with van der Waals surface area (Å²) < 4.78 is 0. The van der Waals surface area contributed by atoms with E-state index in [0.29, 0.717) is 0 Å². The number of hydrogen-bond donors (Lipinski definition) is 3. The quantitative estimate of drug-likeness (QED) is 0.208. The molecule has 0 aromatic rings. The average Bonchev–Trinajstić information content (AvgIpc) is 2.39. The van der Waals surface area contributed by atoms with Gasteiger partial charge in [0.05, 0.1) is 0 Å². The van der Waals surface area contributed by atoms with Crippen molar-refractivity contribution in [3.8, 4) is 0 Å². The van der Waals surface area contributed by atoms with E-state index in [4.69, 9.17) is 5.73 Å². The standard InChI is InChI=1S/C14H30N4O/c1-2-3-4-5-6-7-8-9-10-11-12-17-18-13-16-14(15)19/h13,17H,2-12H2,1H3,(H3,15,16,18,19). The van der Waals surface area contributed by atoms with Crippen molar-refractivity contribution in [3.05, 3.63) is 0 Å². The normalized spacial score (nSPS) is 10.8. The molecule has 112 valence electrons. The Morgan fingerprint density at radius 3 is 2.05 bits per heavy atom. The van der Waals surface area contributed by atoms with Crippen LogP contribution in [0.4, 0.5) is 4.79 Å². The minimum atomic E-state index is -0.593. The highest BCUT2D eigenvalue weighted by molar-refractivity contribution is 5.84. The SMILES string of the molecule is CCCCCCCCCCCCNN=CNC(N)=O. The van der Waals surface area contributed by atoms with Crippen molar-refractivity contribution in [3.63, 3.8) is 0 Å². The fraction of sp³-hybridized carbons (Fsp3) is 0.857. The first-order chi connectivity index (χ1) is 9.27. The molecular weight excluding hydrogens is 240 g/mol. The van der Waals surface area contributed by atoms with Gasteiger partial charge in [-0.25, -0.2) is 4.79 Å². The largest absolute Gasteiger partial charge is 0.351 e. The molecule has 0 aliphatic heterocycles. The first-order valence-corrected chi connectivity index (χ1v) is 7.57. The number of primary amides is 1. The van der Waals surface area contributed by atoms with Crippen molar-refractivity contribution in [1.82, 2.24) is 10.7 Å². The summed E-state index contributed by atoms with van der Waals surface area (Å²) in [4.78, 5) is 10.3. The van der Waals surface area contributed by atoms with Crippen LogP contribution in [0.2, 0.25) is 0 Å². The molecule has 4 N–H and O–H groups in total. The number of urea groups is 1. The molecule has 2 amide bonds. The maximum atomic E-state index is 10.3. The van der Waals surface area contributed by atoms with E-state index in [1.807, 2.05) is 0 Å². The first-order valence-electron chi connectivity index (χ1n) is 7.57. The lowest BCUT2D eigenvalue weighted by Gasteiger charge is -2.02. The highest BCUT2D eigenvalue weighted by Crippen LogP contribution is 2.10. The fourth-order valence-corrected chi connectivity index (χ4v) is 1.90. The summed E-state index contributed by atoms with van der Waals surface area (Å²) in [5.74, 6) is 0. The lowest BCUT2D eigenvalue weighted by molar-refractivity contribution is 0.253. The second-order valence-corrected chi connectivity index (χ2v) is 4.86. The zero-order valence-corrected chi connectivity index (χ0v) is 12.3. The van der Waals surface area contributed by atoms with Crippen molar-refractivity contribution in [2.24, 2.45) is 10.8 Å². The Bertz CT molecular complexity index is 231. The van der Waals surface area contributed by atoms with E-state index in [9.17, 15) is 4.79 Å². The number of carbonyl (C=O) groups is 1. The molecule has 0 heterocycles. The molecule has 19 heavy (non-hydrogen) atoms. The molecule has 0 bridgehead atoms. The minimum absolute atomic E-state index is 0.593. The van der Waals surface area contributed by atoms with E-state index >= 15 is 0 Å². The number of hydrazone groups is 1. The fourth-order valence-electron chi connectivity index (χ4n) is 1.90. The van der Waals surface area contributed by atoms with Crippen LogP contribution in [0.25, 0.3) is 0 Å². The van der Waals surface area contributed by atoms with E-state index in [1.165, 1.54) is 64.1 Å². The van der Waals surface area contributed by atoms with Crippen LogP contribution >= 0.6 is 0 Å². The van der Waals surface area contributed by atoms with E-state index < -0.39 is 6.03 Å². The summed E-state index contributed by atoms with van der Waals surface area (Å²) in [6.45, 7) is 3.09. The molecule has 5 nitrogen and oxygen atoms in total. The number of nitrogens with two attached hydrogens (primary N) is 1. The molecule has 0 fully saturated rings. The number of unbranched alkanes of at least 4 members (excludes halogenated alkanes) is 9. The Balaban J connectivity index is 3.02. The van der Waals surface area contributed by atoms with Gasteiger partial charge in [0.25, 0.3) is 0 Å². The Hall–Kier alpha value is -1.26. The third kappa shape index (κ3) is 16.7. The third-order valence-electron chi connectivity index (χ3n) is 3.00. The van der Waals surface area contributed by atoms with Crippen LogP contribution in [0.1, 0.15) is 71.1 Å². The molecule has 0 radical (unpaired) electrons. The van der Waals surface area contributed by atoms with Crippen molar-refractivity contribution in [1.29, 1.82) is 0 Å². The van der Waals surface area contributed by atoms with Gasteiger partial charge < -0.3 is 11.2 Å². The number of carbonyl (C=O) groups excluding carboxylic acids is 1. The van der Waals surface area contributed by atoms with Crippen LogP contribution in [-0.4, -0.2) is 18.9 Å². The molecule has 0 spiro atoms. The molecular formula is C14H30N4O. The topological polar surface area (TPSA) is 79.5 Å². The Morgan fingerprint density at radius 1 is 1.00 bits per heavy atom. The van der Waals surface area contributed by atoms with Gasteiger partial charge in [-0.05, 0) is 6.42 Å². The number of nitrogens with zero attached hydrogens (tertiary/aromatic N) is 1. The minimum Gasteiger partial charge on any atom is -0.351 e. The maximum Gasteiger partial charge on any atom is 0.317 e. The van der Waals surface area contributed by atoms with Gasteiger partial charge in [0.2, 0.25) is 0 Å². The number of hydrogen-bond acceptors (Lipinski definition) is 3. The third-order valence-corrected chi connectivity index (χ3v) is 3.00. The van der Waals surface area contributed by atoms with Crippen LogP contribution in [-0.2, 0) is 0 Å². The van der Waals surface area contributed by atoms with Crippen molar-refractivity contribution < 1.29 is 4.79 Å². The summed E-state index contributed by atoms with van der Waals surface area (Å²) in [6, 6.07) is -0.593. The Labute approximate surface area is 117 Å². The summed E-state index contributed by atoms with van der Waals surface area (Å²) in [7, 11) is 0. The highest BCUT2D eigenvalue weighted by Gasteiger charge is 1.92. The van der Waals surface area contributed by atoms with Gasteiger partial charge in [-0.15, -0.1) is 0 Å². The molecule has 0 atom stereocenters. The molecule has 0 saturated heterocycles. The van der Waals surface area contributed by atoms with E-state index in [1.54, 1.807) is 0 Å². The number of rotatable bonds is 13. The van der Waals surface area contributed by atoms with Gasteiger partial charge in [0.1, 0.15) is 6.34 Å². The van der Waals surface area contributed by atoms with Crippen molar-refractivity contribution in [2.45, 2.75) is 71.1 Å². The summed E-state index contributed by atoms with van der Waals surface area (Å²) >= 11 is 0. The molecule has 0 unspecified atom stereocenters. The van der Waals surface area contributed by atoms with Gasteiger partial charge in [0, 0.05) is 6.54 Å². The molecule has 0 aliphatic carbocycles.